The second-order valence-electron chi connectivity index (χ2n) is 2.47. The summed E-state index contributed by atoms with van der Waals surface area (Å²) in [6.07, 6.45) is 0. The Morgan fingerprint density at radius 2 is 2.30 bits per heavy atom. The maximum Gasteiger partial charge on any atom is 0.140 e. The highest BCUT2D eigenvalue weighted by Crippen LogP contribution is 2.26. The van der Waals surface area contributed by atoms with Crippen LogP contribution >= 0.6 is 11.3 Å². The monoisotopic (exact) mass is 156 g/mol. The number of nitrogens with zero attached hydrogens (tertiary/aromatic N) is 1. The van der Waals surface area contributed by atoms with Crippen molar-refractivity contribution in [3.05, 3.63) is 10.4 Å². The van der Waals surface area contributed by atoms with Gasteiger partial charge >= 0.3 is 0 Å². The molecule has 0 bridgehead atoms. The van der Waals surface area contributed by atoms with Gasteiger partial charge in [0.2, 0.25) is 0 Å². The first-order valence-electron chi connectivity index (χ1n) is 3.37. The van der Waals surface area contributed by atoms with Crippen molar-refractivity contribution in [2.75, 3.05) is 12.4 Å². The van der Waals surface area contributed by atoms with Gasteiger partial charge in [0.1, 0.15) is 5.82 Å². The Balaban J connectivity index is 2.90. The highest BCUT2D eigenvalue weighted by atomic mass is 32.1. The van der Waals surface area contributed by atoms with Gasteiger partial charge in [0.05, 0.1) is 10.4 Å². The molecule has 0 aliphatic carbocycles. The van der Waals surface area contributed by atoms with Crippen molar-refractivity contribution < 1.29 is 0 Å². The van der Waals surface area contributed by atoms with E-state index in [1.807, 2.05) is 12.6 Å². The first-order chi connectivity index (χ1) is 4.75. The summed E-state index contributed by atoms with van der Waals surface area (Å²) >= 11 is 1.71. The SMILES string of the molecule is CNc1ncsc1C(C)C. The standard InChI is InChI=1S/C7H12N2S/c1-5(2)6-7(8-3)9-4-10-6/h4-5,8H,1-3H3. The van der Waals surface area contributed by atoms with Crippen molar-refractivity contribution in [3.63, 3.8) is 0 Å². The van der Waals surface area contributed by atoms with E-state index < -0.39 is 0 Å². The molecular formula is C7H12N2S. The van der Waals surface area contributed by atoms with E-state index in [0.717, 1.165) is 5.82 Å². The number of aromatic nitrogens is 1. The fourth-order valence-electron chi connectivity index (χ4n) is 0.853. The highest BCUT2D eigenvalue weighted by molar-refractivity contribution is 7.10. The number of hydrogen-bond donors (Lipinski definition) is 1. The van der Waals surface area contributed by atoms with Crippen molar-refractivity contribution in [2.24, 2.45) is 0 Å². The smallest absolute Gasteiger partial charge is 0.140 e. The molecule has 1 N–H and O–H groups in total. The highest BCUT2D eigenvalue weighted by Gasteiger charge is 2.06. The molecule has 1 aromatic rings. The van der Waals surface area contributed by atoms with Crippen LogP contribution in [0.1, 0.15) is 24.6 Å². The molecule has 1 rings (SSSR count). The van der Waals surface area contributed by atoms with Crippen LogP contribution in [0.15, 0.2) is 5.51 Å². The summed E-state index contributed by atoms with van der Waals surface area (Å²) < 4.78 is 0. The van der Waals surface area contributed by atoms with Crippen LogP contribution in [0.2, 0.25) is 0 Å². The molecule has 3 heteroatoms. The van der Waals surface area contributed by atoms with E-state index >= 15 is 0 Å². The van der Waals surface area contributed by atoms with Crippen molar-refractivity contribution in [1.29, 1.82) is 0 Å². The maximum atomic E-state index is 4.16. The molecule has 0 saturated heterocycles. The molecule has 0 amide bonds. The van der Waals surface area contributed by atoms with Crippen LogP contribution in [0.3, 0.4) is 0 Å². The summed E-state index contributed by atoms with van der Waals surface area (Å²) in [4.78, 5) is 5.50. The fourth-order valence-corrected chi connectivity index (χ4v) is 1.66. The largest absolute Gasteiger partial charge is 0.372 e. The third-order valence-corrected chi connectivity index (χ3v) is 2.49. The molecule has 1 heterocycles. The maximum absolute atomic E-state index is 4.16. The number of thiazole rings is 1. The quantitative estimate of drug-likeness (QED) is 0.710. The van der Waals surface area contributed by atoms with Gasteiger partial charge in [0.25, 0.3) is 0 Å². The predicted octanol–water partition coefficient (Wildman–Crippen LogP) is 2.31. The van der Waals surface area contributed by atoms with Gasteiger partial charge in [0, 0.05) is 7.05 Å². The summed E-state index contributed by atoms with van der Waals surface area (Å²) in [7, 11) is 1.90. The molecule has 0 aliphatic rings. The Bertz CT molecular complexity index is 205. The third-order valence-electron chi connectivity index (χ3n) is 1.36. The van der Waals surface area contributed by atoms with Crippen LogP contribution in [0.25, 0.3) is 0 Å². The van der Waals surface area contributed by atoms with Gasteiger partial charge in [-0.1, -0.05) is 13.8 Å². The molecule has 0 aromatic carbocycles. The van der Waals surface area contributed by atoms with Gasteiger partial charge in [-0.15, -0.1) is 11.3 Å². The minimum absolute atomic E-state index is 0.579. The van der Waals surface area contributed by atoms with Crippen LogP contribution in [-0.2, 0) is 0 Å². The fraction of sp³-hybridized carbons (Fsp3) is 0.571. The lowest BCUT2D eigenvalue weighted by molar-refractivity contribution is 0.887. The molecule has 0 unspecified atom stereocenters. The Labute approximate surface area is 65.3 Å². The molecule has 1 aromatic heterocycles. The summed E-state index contributed by atoms with van der Waals surface area (Å²) in [6.45, 7) is 4.35. The van der Waals surface area contributed by atoms with Crippen LogP contribution in [0, 0.1) is 0 Å². The van der Waals surface area contributed by atoms with Crippen molar-refractivity contribution >= 4 is 17.2 Å². The lowest BCUT2D eigenvalue weighted by atomic mass is 10.2. The first kappa shape index (κ1) is 7.54. The molecule has 0 fully saturated rings. The van der Waals surface area contributed by atoms with E-state index in [2.05, 4.69) is 24.1 Å². The zero-order valence-electron chi connectivity index (χ0n) is 6.51. The Hall–Kier alpha value is -0.570. The number of rotatable bonds is 2. The third kappa shape index (κ3) is 1.29. The number of anilines is 1. The molecule has 0 atom stereocenters. The van der Waals surface area contributed by atoms with Gasteiger partial charge < -0.3 is 5.32 Å². The summed E-state index contributed by atoms with van der Waals surface area (Å²) in [5, 5.41) is 3.06. The van der Waals surface area contributed by atoms with Crippen LogP contribution < -0.4 is 5.32 Å². The van der Waals surface area contributed by atoms with E-state index in [9.17, 15) is 0 Å². The van der Waals surface area contributed by atoms with E-state index in [-0.39, 0.29) is 0 Å². The molecule has 0 saturated carbocycles. The Morgan fingerprint density at radius 3 is 2.70 bits per heavy atom. The average Bonchev–Trinajstić information content (AvgIpc) is 2.33. The van der Waals surface area contributed by atoms with E-state index in [1.165, 1.54) is 4.88 Å². The van der Waals surface area contributed by atoms with Gasteiger partial charge in [0.15, 0.2) is 0 Å². The predicted molar refractivity (Wildman–Crippen MR) is 45.7 cm³/mol. The second-order valence-corrected chi connectivity index (χ2v) is 3.36. The van der Waals surface area contributed by atoms with Gasteiger partial charge in [-0.25, -0.2) is 4.98 Å². The molecular weight excluding hydrogens is 144 g/mol. The molecule has 0 radical (unpaired) electrons. The Morgan fingerprint density at radius 1 is 1.60 bits per heavy atom. The molecule has 0 spiro atoms. The van der Waals surface area contributed by atoms with Crippen molar-refractivity contribution in [3.8, 4) is 0 Å². The minimum atomic E-state index is 0.579. The number of hydrogen-bond acceptors (Lipinski definition) is 3. The normalized spacial score (nSPS) is 10.4. The van der Waals surface area contributed by atoms with E-state index in [4.69, 9.17) is 0 Å². The van der Waals surface area contributed by atoms with Gasteiger partial charge in [-0.05, 0) is 5.92 Å². The number of nitrogens with one attached hydrogen (secondary N) is 1. The van der Waals surface area contributed by atoms with Gasteiger partial charge in [-0.3, -0.25) is 0 Å². The Kier molecular flexibility index (Phi) is 2.27. The van der Waals surface area contributed by atoms with E-state index in [1.54, 1.807) is 11.3 Å². The molecule has 2 nitrogen and oxygen atoms in total. The minimum Gasteiger partial charge on any atom is -0.372 e. The summed E-state index contributed by atoms with van der Waals surface area (Å²) in [5.41, 5.74) is 1.88. The van der Waals surface area contributed by atoms with Crippen LogP contribution in [-0.4, -0.2) is 12.0 Å². The van der Waals surface area contributed by atoms with Crippen molar-refractivity contribution in [2.45, 2.75) is 19.8 Å². The lowest BCUT2D eigenvalue weighted by Gasteiger charge is -2.02. The van der Waals surface area contributed by atoms with E-state index in [0.29, 0.717) is 5.92 Å². The first-order valence-corrected chi connectivity index (χ1v) is 4.24. The van der Waals surface area contributed by atoms with Crippen LogP contribution in [0.4, 0.5) is 5.82 Å². The molecule has 56 valence electrons. The van der Waals surface area contributed by atoms with Crippen LogP contribution in [0.5, 0.6) is 0 Å². The molecule has 10 heavy (non-hydrogen) atoms. The zero-order chi connectivity index (χ0) is 7.56. The lowest BCUT2D eigenvalue weighted by Crippen LogP contribution is -1.93. The summed E-state index contributed by atoms with van der Waals surface area (Å²) in [5.74, 6) is 1.61. The average molecular weight is 156 g/mol. The van der Waals surface area contributed by atoms with Gasteiger partial charge in [-0.2, -0.15) is 0 Å². The topological polar surface area (TPSA) is 24.9 Å². The molecule has 0 aliphatic heterocycles. The zero-order valence-corrected chi connectivity index (χ0v) is 7.33. The van der Waals surface area contributed by atoms with Crippen molar-refractivity contribution in [1.82, 2.24) is 4.98 Å². The summed E-state index contributed by atoms with van der Waals surface area (Å²) in [6, 6.07) is 0. The second kappa shape index (κ2) is 3.01.